The number of piperazine rings is 1. The van der Waals surface area contributed by atoms with Crippen molar-refractivity contribution in [3.8, 4) is 11.8 Å². The van der Waals surface area contributed by atoms with E-state index in [1.807, 2.05) is 60.7 Å². The third kappa shape index (κ3) is 6.17. The summed E-state index contributed by atoms with van der Waals surface area (Å²) in [4.78, 5) is 39.9. The van der Waals surface area contributed by atoms with Crippen LogP contribution in [0.1, 0.15) is 44.3 Å². The van der Waals surface area contributed by atoms with Crippen molar-refractivity contribution in [3.63, 3.8) is 0 Å². The van der Waals surface area contributed by atoms with E-state index in [-0.39, 0.29) is 11.8 Å². The predicted octanol–water partition coefficient (Wildman–Crippen LogP) is 3.62. The molecule has 1 fully saturated rings. The molecule has 1 atom stereocenters. The van der Waals surface area contributed by atoms with Gasteiger partial charge in [0.25, 0.3) is 11.8 Å². The Balaban J connectivity index is 1.19. The van der Waals surface area contributed by atoms with Gasteiger partial charge in [-0.25, -0.2) is 4.98 Å². The molecule has 2 N–H and O–H groups in total. The molecule has 0 saturated carbocycles. The second-order valence-corrected chi connectivity index (χ2v) is 10.1. The Morgan fingerprint density at radius 1 is 0.927 bits per heavy atom. The number of hydrogen-bond acceptors (Lipinski definition) is 6. The molecule has 2 amide bonds. The van der Waals surface area contributed by atoms with Gasteiger partial charge in [-0.2, -0.15) is 0 Å². The summed E-state index contributed by atoms with van der Waals surface area (Å²) in [6, 6.07) is 23.5. The molecule has 0 aliphatic carbocycles. The molecule has 0 bridgehead atoms. The monoisotopic (exact) mass is 542 g/mol. The summed E-state index contributed by atoms with van der Waals surface area (Å²) in [6.07, 6.45) is 3.42. The van der Waals surface area contributed by atoms with E-state index in [1.165, 1.54) is 0 Å². The topological polar surface area (TPSA) is 90.5 Å². The van der Waals surface area contributed by atoms with Crippen LogP contribution in [0.4, 0.5) is 5.82 Å². The van der Waals surface area contributed by atoms with Crippen LogP contribution in [0.2, 0.25) is 0 Å². The maximum absolute atomic E-state index is 13.7. The van der Waals surface area contributed by atoms with Gasteiger partial charge >= 0.3 is 0 Å². The number of fused-ring (bicyclic) bond motifs is 1. The third-order valence-electron chi connectivity index (χ3n) is 7.30. The molecular weight excluding hydrogens is 512 g/mol. The summed E-state index contributed by atoms with van der Waals surface area (Å²) in [5.41, 5.74) is 4.74. The highest BCUT2D eigenvalue weighted by Gasteiger charge is 2.37. The normalized spacial score (nSPS) is 15.5. The van der Waals surface area contributed by atoms with Gasteiger partial charge in [-0.05, 0) is 47.5 Å². The maximum atomic E-state index is 13.7. The fraction of sp³-hybridized carbons (Fsp3) is 0.212. The first-order chi connectivity index (χ1) is 20.1. The van der Waals surface area contributed by atoms with Crippen LogP contribution in [0.5, 0.6) is 0 Å². The molecule has 1 saturated heterocycles. The summed E-state index contributed by atoms with van der Waals surface area (Å²) >= 11 is 0. The van der Waals surface area contributed by atoms with Gasteiger partial charge in [0.15, 0.2) is 0 Å². The van der Waals surface area contributed by atoms with Crippen LogP contribution in [0.25, 0.3) is 0 Å². The number of rotatable bonds is 6. The molecule has 2 aliphatic rings. The standard InChI is InChI=1S/C33H30N6O2/c40-32(37-30-8-4-5-15-35-30)31(26-6-2-1-3-7-26)39-22-27-13-11-24(20-29(27)33(39)41)9-10-25-12-14-28(36-21-25)23-38-18-16-34-17-19-38/h1-8,11-15,20-21,31,34H,16-19,22-23H2,(H,35,37,40). The molecule has 204 valence electrons. The van der Waals surface area contributed by atoms with Gasteiger partial charge in [-0.3, -0.25) is 19.5 Å². The van der Waals surface area contributed by atoms with Gasteiger partial charge in [-0.1, -0.05) is 54.3 Å². The average Bonchev–Trinajstić information content (AvgIpc) is 3.33. The number of anilines is 1. The Morgan fingerprint density at radius 2 is 1.71 bits per heavy atom. The van der Waals surface area contributed by atoms with E-state index in [0.29, 0.717) is 17.9 Å². The van der Waals surface area contributed by atoms with E-state index >= 15 is 0 Å². The summed E-state index contributed by atoms with van der Waals surface area (Å²) in [5.74, 6) is 6.27. The first-order valence-corrected chi connectivity index (χ1v) is 13.7. The molecular formula is C33H30N6O2. The van der Waals surface area contributed by atoms with Gasteiger partial charge in [0.2, 0.25) is 0 Å². The Bertz CT molecular complexity index is 1590. The van der Waals surface area contributed by atoms with Crippen LogP contribution in [-0.2, 0) is 17.9 Å². The summed E-state index contributed by atoms with van der Waals surface area (Å²) in [7, 11) is 0. The first-order valence-electron chi connectivity index (χ1n) is 13.7. The average molecular weight is 543 g/mol. The van der Waals surface area contributed by atoms with Crippen molar-refractivity contribution >= 4 is 17.6 Å². The van der Waals surface area contributed by atoms with Crippen LogP contribution in [0, 0.1) is 11.8 Å². The fourth-order valence-corrected chi connectivity index (χ4v) is 5.18. The molecule has 41 heavy (non-hydrogen) atoms. The Hall–Kier alpha value is -4.84. The van der Waals surface area contributed by atoms with Crippen molar-refractivity contribution in [3.05, 3.63) is 125 Å². The van der Waals surface area contributed by atoms with Gasteiger partial charge in [-0.15, -0.1) is 0 Å². The van der Waals surface area contributed by atoms with Crippen LogP contribution in [0.3, 0.4) is 0 Å². The van der Waals surface area contributed by atoms with Crippen molar-refractivity contribution in [2.45, 2.75) is 19.1 Å². The molecule has 0 spiro atoms. The smallest absolute Gasteiger partial charge is 0.255 e. The number of pyridine rings is 2. The van der Waals surface area contributed by atoms with Crippen molar-refractivity contribution < 1.29 is 9.59 Å². The van der Waals surface area contributed by atoms with Gasteiger partial charge in [0.1, 0.15) is 11.9 Å². The highest BCUT2D eigenvalue weighted by molar-refractivity contribution is 6.04. The van der Waals surface area contributed by atoms with Crippen molar-refractivity contribution in [2.75, 3.05) is 31.5 Å². The van der Waals surface area contributed by atoms with Gasteiger partial charge in [0.05, 0.1) is 5.69 Å². The highest BCUT2D eigenvalue weighted by Crippen LogP contribution is 2.33. The lowest BCUT2D eigenvalue weighted by atomic mass is 10.0. The summed E-state index contributed by atoms with van der Waals surface area (Å²) in [5, 5.41) is 6.23. The van der Waals surface area contributed by atoms with E-state index in [0.717, 1.165) is 60.7 Å². The molecule has 2 aromatic carbocycles. The lowest BCUT2D eigenvalue weighted by Gasteiger charge is -2.27. The number of hydrogen-bond donors (Lipinski definition) is 2. The highest BCUT2D eigenvalue weighted by atomic mass is 16.2. The minimum absolute atomic E-state index is 0.201. The zero-order valence-electron chi connectivity index (χ0n) is 22.6. The second kappa shape index (κ2) is 12.1. The number of carbonyl (C=O) groups is 2. The number of aromatic nitrogens is 2. The minimum atomic E-state index is -0.807. The third-order valence-corrected chi connectivity index (χ3v) is 7.30. The van der Waals surface area contributed by atoms with Crippen molar-refractivity contribution in [1.29, 1.82) is 0 Å². The Morgan fingerprint density at radius 3 is 2.46 bits per heavy atom. The number of amides is 2. The number of nitrogens with one attached hydrogen (secondary N) is 2. The van der Waals surface area contributed by atoms with E-state index < -0.39 is 6.04 Å². The summed E-state index contributed by atoms with van der Waals surface area (Å²) < 4.78 is 0. The summed E-state index contributed by atoms with van der Waals surface area (Å²) in [6.45, 7) is 5.24. The molecule has 6 rings (SSSR count). The number of carbonyl (C=O) groups excluding carboxylic acids is 2. The number of nitrogens with zero attached hydrogens (tertiary/aromatic N) is 4. The van der Waals surface area contributed by atoms with Crippen LogP contribution in [0.15, 0.2) is 91.3 Å². The SMILES string of the molecule is O=C(Nc1ccccn1)C(c1ccccc1)N1Cc2ccc(C#Cc3ccc(CN4CCNCC4)nc3)cc2C1=O. The molecule has 8 nitrogen and oxygen atoms in total. The van der Waals surface area contributed by atoms with Gasteiger partial charge < -0.3 is 15.5 Å². The van der Waals surface area contributed by atoms with Gasteiger partial charge in [0, 0.05) is 68.4 Å². The molecule has 2 aromatic heterocycles. The van der Waals surface area contributed by atoms with E-state index in [9.17, 15) is 9.59 Å². The number of benzene rings is 2. The molecule has 1 unspecified atom stereocenters. The van der Waals surface area contributed by atoms with E-state index in [2.05, 4.69) is 37.3 Å². The quantitative estimate of drug-likeness (QED) is 0.362. The van der Waals surface area contributed by atoms with E-state index in [1.54, 1.807) is 35.5 Å². The Labute approximate surface area is 239 Å². The van der Waals surface area contributed by atoms with Crippen LogP contribution in [-0.4, -0.2) is 57.8 Å². The maximum Gasteiger partial charge on any atom is 0.255 e. The second-order valence-electron chi connectivity index (χ2n) is 10.1. The van der Waals surface area contributed by atoms with Crippen LogP contribution < -0.4 is 10.6 Å². The largest absolute Gasteiger partial charge is 0.318 e. The lowest BCUT2D eigenvalue weighted by molar-refractivity contribution is -0.120. The zero-order valence-corrected chi connectivity index (χ0v) is 22.6. The minimum Gasteiger partial charge on any atom is -0.318 e. The molecule has 2 aliphatic heterocycles. The molecule has 0 radical (unpaired) electrons. The molecule has 8 heteroatoms. The molecule has 4 heterocycles. The van der Waals surface area contributed by atoms with Crippen molar-refractivity contribution in [2.24, 2.45) is 0 Å². The molecule has 4 aromatic rings. The van der Waals surface area contributed by atoms with Crippen molar-refractivity contribution in [1.82, 2.24) is 25.1 Å². The fourth-order valence-electron chi connectivity index (χ4n) is 5.18. The zero-order chi connectivity index (χ0) is 28.0. The van der Waals surface area contributed by atoms with E-state index in [4.69, 9.17) is 0 Å². The van der Waals surface area contributed by atoms with Crippen LogP contribution >= 0.6 is 0 Å². The lowest BCUT2D eigenvalue weighted by Crippen LogP contribution is -2.43. The first kappa shape index (κ1) is 26.4. The Kier molecular flexibility index (Phi) is 7.81. The predicted molar refractivity (Wildman–Crippen MR) is 157 cm³/mol.